The van der Waals surface area contributed by atoms with Gasteiger partial charge in [0.1, 0.15) is 0 Å². The monoisotopic (exact) mass is 274 g/mol. The van der Waals surface area contributed by atoms with Crippen molar-refractivity contribution in [3.05, 3.63) is 57.6 Å². The average Bonchev–Trinajstić information content (AvgIpc) is 2.39. The lowest BCUT2D eigenvalue weighted by Crippen LogP contribution is -1.95. The molecule has 0 fully saturated rings. The lowest BCUT2D eigenvalue weighted by Gasteiger charge is -2.00. The number of aryl methyl sites for hydroxylation is 2. The van der Waals surface area contributed by atoms with Crippen molar-refractivity contribution in [1.82, 2.24) is 0 Å². The van der Waals surface area contributed by atoms with Crippen molar-refractivity contribution in [3.63, 3.8) is 0 Å². The fraction of sp³-hybridized carbons (Fsp3) is 0.143. The minimum Gasteiger partial charge on any atom is -0.399 e. The van der Waals surface area contributed by atoms with E-state index in [0.717, 1.165) is 5.56 Å². The van der Waals surface area contributed by atoms with Crippen molar-refractivity contribution in [1.29, 1.82) is 0 Å². The molecular weight excluding hydrogens is 256 g/mol. The predicted octanol–water partition coefficient (Wildman–Crippen LogP) is 2.64. The van der Waals surface area contributed by atoms with E-state index in [0.29, 0.717) is 22.6 Å². The molecule has 2 rings (SSSR count). The fourth-order valence-corrected chi connectivity index (χ4v) is 1.53. The predicted molar refractivity (Wildman–Crippen MR) is 82.2 cm³/mol. The number of hydrogen-bond acceptors (Lipinski definition) is 5. The Morgan fingerprint density at radius 3 is 2.10 bits per heavy atom. The van der Waals surface area contributed by atoms with Crippen molar-refractivity contribution >= 4 is 22.7 Å². The molecule has 0 bridgehead atoms. The van der Waals surface area contributed by atoms with Crippen molar-refractivity contribution in [2.75, 3.05) is 17.2 Å². The van der Waals surface area contributed by atoms with Crippen LogP contribution in [0.1, 0.15) is 11.1 Å². The van der Waals surface area contributed by atoms with Crippen LogP contribution in [0, 0.1) is 24.0 Å². The SMILES string of the molecule is Cc1ccc(N)cc1[N+](=O)[O-].Cc1cccc(N)c1N. The Hall–Kier alpha value is -2.76. The van der Waals surface area contributed by atoms with E-state index < -0.39 is 4.92 Å². The van der Waals surface area contributed by atoms with Gasteiger partial charge in [-0.15, -0.1) is 0 Å². The van der Waals surface area contributed by atoms with Crippen LogP contribution < -0.4 is 17.2 Å². The largest absolute Gasteiger partial charge is 0.399 e. The molecule has 0 aliphatic carbocycles. The molecule has 6 heteroatoms. The second kappa shape index (κ2) is 6.42. The van der Waals surface area contributed by atoms with Crippen molar-refractivity contribution < 1.29 is 4.92 Å². The number of para-hydroxylation sites is 1. The molecular formula is C14H18N4O2. The van der Waals surface area contributed by atoms with E-state index in [2.05, 4.69) is 0 Å². The molecule has 0 spiro atoms. The summed E-state index contributed by atoms with van der Waals surface area (Å²) in [5, 5.41) is 10.3. The van der Waals surface area contributed by atoms with Crippen LogP contribution in [-0.2, 0) is 0 Å². The summed E-state index contributed by atoms with van der Waals surface area (Å²) in [6, 6.07) is 10.3. The van der Waals surface area contributed by atoms with Gasteiger partial charge >= 0.3 is 0 Å². The summed E-state index contributed by atoms with van der Waals surface area (Å²) in [5.41, 5.74) is 19.9. The van der Waals surface area contributed by atoms with Crippen LogP contribution in [0.2, 0.25) is 0 Å². The standard InChI is InChI=1S/C7H8N2O2.C7H10N2/c1-5-2-3-6(8)4-7(5)9(10)11;1-5-3-2-4-6(8)7(5)9/h2-4H,8H2,1H3;2-4H,8-9H2,1H3. The quantitative estimate of drug-likeness (QED) is 0.419. The highest BCUT2D eigenvalue weighted by atomic mass is 16.6. The van der Waals surface area contributed by atoms with Gasteiger partial charge in [0.25, 0.3) is 5.69 Å². The number of nitro groups is 1. The topological polar surface area (TPSA) is 121 Å². The zero-order valence-corrected chi connectivity index (χ0v) is 11.5. The summed E-state index contributed by atoms with van der Waals surface area (Å²) in [7, 11) is 0. The summed E-state index contributed by atoms with van der Waals surface area (Å²) in [5.74, 6) is 0. The van der Waals surface area contributed by atoms with Crippen molar-refractivity contribution in [2.45, 2.75) is 13.8 Å². The Kier molecular flexibility index (Phi) is 4.91. The van der Waals surface area contributed by atoms with Gasteiger partial charge < -0.3 is 17.2 Å². The first-order valence-electron chi connectivity index (χ1n) is 5.94. The van der Waals surface area contributed by atoms with Gasteiger partial charge in [-0.3, -0.25) is 10.1 Å². The van der Waals surface area contributed by atoms with E-state index in [1.165, 1.54) is 6.07 Å². The highest BCUT2D eigenvalue weighted by Gasteiger charge is 2.08. The normalized spacial score (nSPS) is 9.50. The number of hydrogen-bond donors (Lipinski definition) is 3. The number of nitrogens with zero attached hydrogens (tertiary/aromatic N) is 1. The van der Waals surface area contributed by atoms with Crippen molar-refractivity contribution in [2.24, 2.45) is 0 Å². The summed E-state index contributed by atoms with van der Waals surface area (Å²) in [4.78, 5) is 9.89. The molecule has 0 heterocycles. The molecule has 2 aromatic rings. The highest BCUT2D eigenvalue weighted by Crippen LogP contribution is 2.19. The zero-order valence-electron chi connectivity index (χ0n) is 11.5. The molecule has 0 atom stereocenters. The number of rotatable bonds is 1. The third-order valence-corrected chi connectivity index (χ3v) is 2.79. The maximum absolute atomic E-state index is 10.3. The smallest absolute Gasteiger partial charge is 0.274 e. The molecule has 0 saturated heterocycles. The van der Waals surface area contributed by atoms with E-state index in [1.807, 2.05) is 19.1 Å². The Morgan fingerprint density at radius 1 is 1.00 bits per heavy atom. The van der Waals surface area contributed by atoms with E-state index in [-0.39, 0.29) is 5.69 Å². The van der Waals surface area contributed by atoms with Gasteiger partial charge in [-0.05, 0) is 31.5 Å². The van der Waals surface area contributed by atoms with Gasteiger partial charge in [0.05, 0.1) is 16.3 Å². The Balaban J connectivity index is 0.000000204. The Bertz CT molecular complexity index is 606. The van der Waals surface area contributed by atoms with Gasteiger partial charge in [0.2, 0.25) is 0 Å². The van der Waals surface area contributed by atoms with E-state index >= 15 is 0 Å². The Labute approximate surface area is 117 Å². The summed E-state index contributed by atoms with van der Waals surface area (Å²) >= 11 is 0. The first-order valence-corrected chi connectivity index (χ1v) is 5.94. The number of nitro benzene ring substituents is 1. The molecule has 0 amide bonds. The van der Waals surface area contributed by atoms with Crippen LogP contribution in [0.5, 0.6) is 0 Å². The summed E-state index contributed by atoms with van der Waals surface area (Å²) < 4.78 is 0. The highest BCUT2D eigenvalue weighted by molar-refractivity contribution is 5.66. The van der Waals surface area contributed by atoms with E-state index in [4.69, 9.17) is 17.2 Å². The van der Waals surface area contributed by atoms with Crippen LogP contribution >= 0.6 is 0 Å². The molecule has 0 aliphatic rings. The van der Waals surface area contributed by atoms with E-state index in [1.54, 1.807) is 25.1 Å². The van der Waals surface area contributed by atoms with Gasteiger partial charge in [-0.25, -0.2) is 0 Å². The third kappa shape index (κ3) is 3.88. The van der Waals surface area contributed by atoms with Gasteiger partial charge in [0, 0.05) is 17.3 Å². The minimum absolute atomic E-state index is 0.0741. The second-order valence-electron chi connectivity index (χ2n) is 4.38. The molecule has 2 aromatic carbocycles. The molecule has 106 valence electrons. The first kappa shape index (κ1) is 15.3. The van der Waals surface area contributed by atoms with Crippen LogP contribution in [0.4, 0.5) is 22.7 Å². The maximum Gasteiger partial charge on any atom is 0.274 e. The number of nitrogens with two attached hydrogens (primary N) is 3. The molecule has 0 aromatic heterocycles. The number of nitrogen functional groups attached to an aromatic ring is 3. The van der Waals surface area contributed by atoms with Crippen LogP contribution in [0.15, 0.2) is 36.4 Å². The fourth-order valence-electron chi connectivity index (χ4n) is 1.53. The second-order valence-corrected chi connectivity index (χ2v) is 4.38. The van der Waals surface area contributed by atoms with E-state index in [9.17, 15) is 10.1 Å². The molecule has 6 nitrogen and oxygen atoms in total. The summed E-state index contributed by atoms with van der Waals surface area (Å²) in [6.45, 7) is 3.61. The van der Waals surface area contributed by atoms with Gasteiger partial charge in [0.15, 0.2) is 0 Å². The zero-order chi connectivity index (χ0) is 15.3. The van der Waals surface area contributed by atoms with Gasteiger partial charge in [-0.2, -0.15) is 0 Å². The van der Waals surface area contributed by atoms with Gasteiger partial charge in [-0.1, -0.05) is 18.2 Å². The maximum atomic E-state index is 10.3. The third-order valence-electron chi connectivity index (χ3n) is 2.79. The van der Waals surface area contributed by atoms with Crippen LogP contribution in [0.3, 0.4) is 0 Å². The number of anilines is 3. The molecule has 0 saturated carbocycles. The molecule has 0 aliphatic heterocycles. The van der Waals surface area contributed by atoms with Crippen LogP contribution in [-0.4, -0.2) is 4.92 Å². The lowest BCUT2D eigenvalue weighted by molar-refractivity contribution is -0.385. The number of benzene rings is 2. The molecule has 20 heavy (non-hydrogen) atoms. The average molecular weight is 274 g/mol. The molecule has 0 radical (unpaired) electrons. The van der Waals surface area contributed by atoms with Crippen LogP contribution in [0.25, 0.3) is 0 Å². The lowest BCUT2D eigenvalue weighted by atomic mass is 10.2. The molecule has 6 N–H and O–H groups in total. The Morgan fingerprint density at radius 2 is 1.65 bits per heavy atom. The first-order chi connectivity index (χ1) is 9.32. The summed E-state index contributed by atoms with van der Waals surface area (Å²) in [6.07, 6.45) is 0. The molecule has 0 unspecified atom stereocenters. The van der Waals surface area contributed by atoms with Crippen molar-refractivity contribution in [3.8, 4) is 0 Å². The minimum atomic E-state index is -0.439.